The zero-order valence-electron chi connectivity index (χ0n) is 14.4. The maximum absolute atomic E-state index is 14.2. The molecule has 3 amide bonds. The van der Waals surface area contributed by atoms with Gasteiger partial charge in [-0.05, 0) is 24.5 Å². The third-order valence-corrected chi connectivity index (χ3v) is 5.12. The van der Waals surface area contributed by atoms with Crippen molar-refractivity contribution >= 4 is 23.5 Å². The third-order valence-electron chi connectivity index (χ3n) is 4.83. The number of carbonyl (C=O) groups is 2. The van der Waals surface area contributed by atoms with E-state index in [2.05, 4.69) is 10.6 Å². The summed E-state index contributed by atoms with van der Waals surface area (Å²) in [6.07, 6.45) is 1.94. The standard InChI is InChI=1S/C18H23ClFN3O2/c1-18(2,13-4-3-5-14(19)15(13)20)10-21-17(25)23-8-12(9-23)22-16(24)11-6-7-11/h3-5,11-12H,6-10H2,1-2H3,(H,21,25)(H,22,24). The van der Waals surface area contributed by atoms with Gasteiger partial charge in [-0.1, -0.05) is 37.6 Å². The van der Waals surface area contributed by atoms with E-state index in [-0.39, 0.29) is 28.9 Å². The van der Waals surface area contributed by atoms with Gasteiger partial charge in [-0.2, -0.15) is 0 Å². The van der Waals surface area contributed by atoms with Crippen molar-refractivity contribution in [2.24, 2.45) is 5.92 Å². The molecule has 2 fully saturated rings. The lowest BCUT2D eigenvalue weighted by Crippen LogP contribution is -2.63. The molecule has 0 atom stereocenters. The third kappa shape index (κ3) is 4.06. The Morgan fingerprint density at radius 2 is 2.00 bits per heavy atom. The SMILES string of the molecule is CC(C)(CNC(=O)N1CC(NC(=O)C2CC2)C1)c1cccc(Cl)c1F. The molecule has 3 rings (SSSR count). The van der Waals surface area contributed by atoms with Crippen LogP contribution in [0.25, 0.3) is 0 Å². The number of nitrogens with zero attached hydrogens (tertiary/aromatic N) is 1. The predicted molar refractivity (Wildman–Crippen MR) is 94.1 cm³/mol. The second-order valence-corrected chi connectivity index (χ2v) is 7.94. The molecule has 1 aromatic carbocycles. The summed E-state index contributed by atoms with van der Waals surface area (Å²) in [6, 6.07) is 4.73. The van der Waals surface area contributed by atoms with Crippen molar-refractivity contribution < 1.29 is 14.0 Å². The van der Waals surface area contributed by atoms with Crippen LogP contribution in [0.5, 0.6) is 0 Å². The molecule has 2 aliphatic rings. The van der Waals surface area contributed by atoms with Crippen molar-refractivity contribution in [1.82, 2.24) is 15.5 Å². The minimum absolute atomic E-state index is 0.0391. The molecule has 5 nitrogen and oxygen atoms in total. The first-order chi connectivity index (χ1) is 11.8. The number of hydrogen-bond donors (Lipinski definition) is 2. The number of benzene rings is 1. The average Bonchev–Trinajstić information content (AvgIpc) is 3.35. The van der Waals surface area contributed by atoms with Crippen LogP contribution >= 0.6 is 11.6 Å². The van der Waals surface area contributed by atoms with E-state index in [1.807, 2.05) is 13.8 Å². The number of halogens is 2. The van der Waals surface area contributed by atoms with Gasteiger partial charge in [0.25, 0.3) is 0 Å². The highest BCUT2D eigenvalue weighted by atomic mass is 35.5. The van der Waals surface area contributed by atoms with Crippen LogP contribution in [-0.2, 0) is 10.2 Å². The lowest BCUT2D eigenvalue weighted by atomic mass is 9.84. The lowest BCUT2D eigenvalue weighted by Gasteiger charge is -2.40. The van der Waals surface area contributed by atoms with Crippen molar-refractivity contribution in [1.29, 1.82) is 0 Å². The minimum atomic E-state index is -0.588. The molecule has 25 heavy (non-hydrogen) atoms. The summed E-state index contributed by atoms with van der Waals surface area (Å²) >= 11 is 5.84. The van der Waals surface area contributed by atoms with E-state index in [0.717, 1.165) is 12.8 Å². The molecule has 136 valence electrons. The van der Waals surface area contributed by atoms with Crippen LogP contribution in [0.4, 0.5) is 9.18 Å². The summed E-state index contributed by atoms with van der Waals surface area (Å²) in [5.74, 6) is -0.172. The first kappa shape index (κ1) is 18.0. The summed E-state index contributed by atoms with van der Waals surface area (Å²) in [5.41, 5.74) is -0.117. The number of urea groups is 1. The van der Waals surface area contributed by atoms with Gasteiger partial charge >= 0.3 is 6.03 Å². The van der Waals surface area contributed by atoms with E-state index < -0.39 is 11.2 Å². The van der Waals surface area contributed by atoms with Crippen LogP contribution in [0.3, 0.4) is 0 Å². The van der Waals surface area contributed by atoms with Gasteiger partial charge in [0.05, 0.1) is 11.1 Å². The molecule has 0 bridgehead atoms. The number of nitrogens with one attached hydrogen (secondary N) is 2. The van der Waals surface area contributed by atoms with Crippen molar-refractivity contribution in [2.75, 3.05) is 19.6 Å². The van der Waals surface area contributed by atoms with Gasteiger partial charge in [-0.25, -0.2) is 9.18 Å². The number of hydrogen-bond acceptors (Lipinski definition) is 2. The number of carbonyl (C=O) groups excluding carboxylic acids is 2. The number of likely N-dealkylation sites (tertiary alicyclic amines) is 1. The highest BCUT2D eigenvalue weighted by Crippen LogP contribution is 2.30. The molecule has 0 radical (unpaired) electrons. The van der Waals surface area contributed by atoms with Gasteiger partial charge in [0.2, 0.25) is 5.91 Å². The average molecular weight is 368 g/mol. The van der Waals surface area contributed by atoms with E-state index in [9.17, 15) is 14.0 Å². The minimum Gasteiger partial charge on any atom is -0.350 e. The lowest BCUT2D eigenvalue weighted by molar-refractivity contribution is -0.123. The van der Waals surface area contributed by atoms with Crippen LogP contribution in [0, 0.1) is 11.7 Å². The van der Waals surface area contributed by atoms with Crippen LogP contribution in [-0.4, -0.2) is 42.5 Å². The molecule has 0 spiro atoms. The van der Waals surface area contributed by atoms with E-state index in [1.165, 1.54) is 6.07 Å². The van der Waals surface area contributed by atoms with Crippen molar-refractivity contribution in [2.45, 2.75) is 38.1 Å². The molecule has 1 aliphatic heterocycles. The summed E-state index contributed by atoms with van der Waals surface area (Å²) in [7, 11) is 0. The Labute approximate surface area is 151 Å². The van der Waals surface area contributed by atoms with Crippen molar-refractivity contribution in [3.8, 4) is 0 Å². The molecule has 2 N–H and O–H groups in total. The summed E-state index contributed by atoms with van der Waals surface area (Å²) < 4.78 is 14.2. The molecule has 1 aliphatic carbocycles. The maximum atomic E-state index is 14.2. The van der Waals surface area contributed by atoms with Gasteiger partial charge in [0.15, 0.2) is 0 Å². The Morgan fingerprint density at radius 1 is 1.32 bits per heavy atom. The number of amides is 3. The van der Waals surface area contributed by atoms with Gasteiger partial charge in [0.1, 0.15) is 5.82 Å². The molecular weight excluding hydrogens is 345 g/mol. The first-order valence-electron chi connectivity index (χ1n) is 8.55. The molecule has 0 aromatic heterocycles. The second kappa shape index (κ2) is 6.83. The fourth-order valence-electron chi connectivity index (χ4n) is 2.93. The van der Waals surface area contributed by atoms with Crippen LogP contribution < -0.4 is 10.6 Å². The zero-order valence-corrected chi connectivity index (χ0v) is 15.2. The zero-order chi connectivity index (χ0) is 18.2. The molecule has 7 heteroatoms. The Morgan fingerprint density at radius 3 is 2.64 bits per heavy atom. The van der Waals surface area contributed by atoms with Gasteiger partial charge in [-0.3, -0.25) is 4.79 Å². The highest BCUT2D eigenvalue weighted by molar-refractivity contribution is 6.30. The normalized spacial score (nSPS) is 17.8. The van der Waals surface area contributed by atoms with Crippen molar-refractivity contribution in [3.05, 3.63) is 34.6 Å². The van der Waals surface area contributed by atoms with E-state index in [1.54, 1.807) is 17.0 Å². The molecule has 0 unspecified atom stereocenters. The number of rotatable bonds is 5. The van der Waals surface area contributed by atoms with Gasteiger partial charge < -0.3 is 15.5 Å². The van der Waals surface area contributed by atoms with E-state index in [0.29, 0.717) is 25.2 Å². The first-order valence-corrected chi connectivity index (χ1v) is 8.93. The van der Waals surface area contributed by atoms with E-state index >= 15 is 0 Å². The van der Waals surface area contributed by atoms with Gasteiger partial charge in [0, 0.05) is 31.0 Å². The molecule has 1 aromatic rings. The Hall–Kier alpha value is -1.82. The summed E-state index contributed by atoms with van der Waals surface area (Å²) in [6.45, 7) is 5.03. The predicted octanol–water partition coefficient (Wildman–Crippen LogP) is 2.68. The Kier molecular flexibility index (Phi) is 4.91. The summed E-state index contributed by atoms with van der Waals surface area (Å²) in [4.78, 5) is 25.5. The van der Waals surface area contributed by atoms with Gasteiger partial charge in [-0.15, -0.1) is 0 Å². The topological polar surface area (TPSA) is 61.4 Å². The quantitative estimate of drug-likeness (QED) is 0.840. The second-order valence-electron chi connectivity index (χ2n) is 7.53. The fraction of sp³-hybridized carbons (Fsp3) is 0.556. The summed E-state index contributed by atoms with van der Waals surface area (Å²) in [5, 5.41) is 5.87. The molecule has 1 saturated carbocycles. The fourth-order valence-corrected chi connectivity index (χ4v) is 3.10. The maximum Gasteiger partial charge on any atom is 0.317 e. The van der Waals surface area contributed by atoms with Crippen molar-refractivity contribution in [3.63, 3.8) is 0 Å². The van der Waals surface area contributed by atoms with E-state index in [4.69, 9.17) is 11.6 Å². The van der Waals surface area contributed by atoms with Crippen LogP contribution in [0.2, 0.25) is 5.02 Å². The largest absolute Gasteiger partial charge is 0.350 e. The molecular formula is C18H23ClFN3O2. The Balaban J connectivity index is 1.47. The molecule has 1 heterocycles. The Bertz CT molecular complexity index is 685. The monoisotopic (exact) mass is 367 g/mol. The van der Waals surface area contributed by atoms with Crippen LogP contribution in [0.1, 0.15) is 32.3 Å². The highest BCUT2D eigenvalue weighted by Gasteiger charge is 2.36. The smallest absolute Gasteiger partial charge is 0.317 e. The molecule has 1 saturated heterocycles. The van der Waals surface area contributed by atoms with Crippen LogP contribution in [0.15, 0.2) is 18.2 Å².